The van der Waals surface area contributed by atoms with Gasteiger partial charge in [-0.2, -0.15) is 0 Å². The summed E-state index contributed by atoms with van der Waals surface area (Å²) in [7, 11) is 0. The lowest BCUT2D eigenvalue weighted by atomic mass is 9.96. The van der Waals surface area contributed by atoms with Crippen molar-refractivity contribution in [3.63, 3.8) is 0 Å². The molecule has 5 nitrogen and oxygen atoms in total. The van der Waals surface area contributed by atoms with Crippen molar-refractivity contribution in [2.75, 3.05) is 13.1 Å². The van der Waals surface area contributed by atoms with E-state index in [1.165, 1.54) is 5.56 Å². The quantitative estimate of drug-likeness (QED) is 0.649. The zero-order valence-corrected chi connectivity index (χ0v) is 17.4. The number of carbonyl (C=O) groups is 2. The third-order valence-electron chi connectivity index (χ3n) is 5.94. The van der Waals surface area contributed by atoms with Crippen molar-refractivity contribution >= 4 is 22.7 Å². The van der Waals surface area contributed by atoms with E-state index in [1.807, 2.05) is 53.4 Å². The van der Waals surface area contributed by atoms with Gasteiger partial charge in [0.25, 0.3) is 5.91 Å². The maximum absolute atomic E-state index is 13.0. The van der Waals surface area contributed by atoms with Gasteiger partial charge in [-0.25, -0.2) is 0 Å². The highest BCUT2D eigenvalue weighted by Gasteiger charge is 2.30. The molecule has 2 atom stereocenters. The molecule has 0 unspecified atom stereocenters. The van der Waals surface area contributed by atoms with Crippen LogP contribution in [-0.4, -0.2) is 40.8 Å². The highest BCUT2D eigenvalue weighted by molar-refractivity contribution is 5.98. The minimum absolute atomic E-state index is 0.0270. The van der Waals surface area contributed by atoms with Gasteiger partial charge in [0.1, 0.15) is 5.69 Å². The number of piperidine rings is 1. The second-order valence-corrected chi connectivity index (χ2v) is 8.29. The zero-order valence-electron chi connectivity index (χ0n) is 17.4. The first-order valence-electron chi connectivity index (χ1n) is 10.8. The summed E-state index contributed by atoms with van der Waals surface area (Å²) in [5.41, 5.74) is 2.83. The molecule has 1 aliphatic heterocycles. The molecule has 2 aromatic carbocycles. The fourth-order valence-electron chi connectivity index (χ4n) is 4.20. The number of amides is 2. The smallest absolute Gasteiger partial charge is 0.270 e. The SMILES string of the molecule is C[C@@H](CCc1ccccc1)NC(=O)[C@H]1CCCN(C(=O)c2cc3ccccc3[nH]2)C1. The Morgan fingerprint density at radius 1 is 1.13 bits per heavy atom. The predicted octanol–water partition coefficient (Wildman–Crippen LogP) is 4.16. The van der Waals surface area contributed by atoms with Crippen molar-refractivity contribution in [3.8, 4) is 0 Å². The van der Waals surface area contributed by atoms with Crippen molar-refractivity contribution in [3.05, 3.63) is 71.9 Å². The molecule has 0 saturated carbocycles. The minimum Gasteiger partial charge on any atom is -0.353 e. The number of hydrogen-bond donors (Lipinski definition) is 2. The first-order valence-corrected chi connectivity index (χ1v) is 10.8. The van der Waals surface area contributed by atoms with Crippen LogP contribution in [0.4, 0.5) is 0 Å². The largest absolute Gasteiger partial charge is 0.353 e. The molecule has 1 saturated heterocycles. The summed E-state index contributed by atoms with van der Waals surface area (Å²) in [4.78, 5) is 30.8. The number of H-pyrrole nitrogens is 1. The molecule has 3 aromatic rings. The summed E-state index contributed by atoms with van der Waals surface area (Å²) in [6.45, 7) is 3.23. The third kappa shape index (κ3) is 4.73. The van der Waals surface area contributed by atoms with Crippen LogP contribution in [0.5, 0.6) is 0 Å². The van der Waals surface area contributed by atoms with Crippen molar-refractivity contribution in [1.29, 1.82) is 0 Å². The number of rotatable bonds is 6. The van der Waals surface area contributed by atoms with Crippen LogP contribution in [0.2, 0.25) is 0 Å². The first kappa shape index (κ1) is 20.2. The van der Waals surface area contributed by atoms with Crippen LogP contribution in [0.3, 0.4) is 0 Å². The van der Waals surface area contributed by atoms with Crippen LogP contribution in [0.15, 0.2) is 60.7 Å². The predicted molar refractivity (Wildman–Crippen MR) is 119 cm³/mol. The topological polar surface area (TPSA) is 65.2 Å². The second kappa shape index (κ2) is 9.16. The molecule has 1 aromatic heterocycles. The Labute approximate surface area is 177 Å². The molecule has 156 valence electrons. The number of nitrogens with one attached hydrogen (secondary N) is 2. The average molecular weight is 404 g/mol. The number of aromatic nitrogens is 1. The highest BCUT2D eigenvalue weighted by atomic mass is 16.2. The summed E-state index contributed by atoms with van der Waals surface area (Å²) in [5.74, 6) is -0.114. The number of hydrogen-bond acceptors (Lipinski definition) is 2. The second-order valence-electron chi connectivity index (χ2n) is 8.29. The number of likely N-dealkylation sites (tertiary alicyclic amines) is 1. The molecule has 2 N–H and O–H groups in total. The van der Waals surface area contributed by atoms with Crippen molar-refractivity contribution in [2.24, 2.45) is 5.92 Å². The number of carbonyl (C=O) groups excluding carboxylic acids is 2. The van der Waals surface area contributed by atoms with Gasteiger partial charge in [0.15, 0.2) is 0 Å². The van der Waals surface area contributed by atoms with E-state index in [4.69, 9.17) is 0 Å². The number of benzene rings is 2. The first-order chi connectivity index (χ1) is 14.6. The molecule has 2 heterocycles. The zero-order chi connectivity index (χ0) is 20.9. The minimum atomic E-state index is -0.147. The van der Waals surface area contributed by atoms with Gasteiger partial charge < -0.3 is 15.2 Å². The van der Waals surface area contributed by atoms with Crippen molar-refractivity contribution < 1.29 is 9.59 Å². The number of aryl methyl sites for hydroxylation is 1. The monoisotopic (exact) mass is 403 g/mol. The Morgan fingerprint density at radius 2 is 1.90 bits per heavy atom. The van der Waals surface area contributed by atoms with Gasteiger partial charge in [-0.15, -0.1) is 0 Å². The van der Waals surface area contributed by atoms with Gasteiger partial charge in [0.05, 0.1) is 5.92 Å². The van der Waals surface area contributed by atoms with Gasteiger partial charge in [-0.1, -0.05) is 48.5 Å². The standard InChI is InChI=1S/C25H29N3O2/c1-18(13-14-19-8-3-2-4-9-19)26-24(29)21-11-7-15-28(17-21)25(30)23-16-20-10-5-6-12-22(20)27-23/h2-6,8-10,12,16,18,21,27H,7,11,13-15,17H2,1H3,(H,26,29)/t18-,21-/m0/s1. The molecule has 0 spiro atoms. The Bertz CT molecular complexity index is 978. The molecule has 30 heavy (non-hydrogen) atoms. The van der Waals surface area contributed by atoms with E-state index in [2.05, 4.69) is 29.4 Å². The van der Waals surface area contributed by atoms with Gasteiger partial charge in [-0.3, -0.25) is 9.59 Å². The molecule has 4 rings (SSSR count). The normalized spacial score (nSPS) is 17.6. The summed E-state index contributed by atoms with van der Waals surface area (Å²) in [5, 5.41) is 4.18. The van der Waals surface area contributed by atoms with E-state index in [0.29, 0.717) is 18.8 Å². The highest BCUT2D eigenvalue weighted by Crippen LogP contribution is 2.21. The fraction of sp³-hybridized carbons (Fsp3) is 0.360. The Kier molecular flexibility index (Phi) is 6.17. The van der Waals surface area contributed by atoms with Crippen LogP contribution >= 0.6 is 0 Å². The molecule has 5 heteroatoms. The lowest BCUT2D eigenvalue weighted by Crippen LogP contribution is -2.47. The van der Waals surface area contributed by atoms with E-state index in [1.54, 1.807) is 0 Å². The van der Waals surface area contributed by atoms with E-state index in [0.717, 1.165) is 36.6 Å². The summed E-state index contributed by atoms with van der Waals surface area (Å²) >= 11 is 0. The van der Waals surface area contributed by atoms with Gasteiger partial charge in [-0.05, 0) is 50.3 Å². The van der Waals surface area contributed by atoms with E-state index >= 15 is 0 Å². The van der Waals surface area contributed by atoms with Crippen LogP contribution in [0.1, 0.15) is 42.2 Å². The number of nitrogens with zero attached hydrogens (tertiary/aromatic N) is 1. The maximum atomic E-state index is 13.0. The number of aromatic amines is 1. The van der Waals surface area contributed by atoms with Gasteiger partial charge in [0.2, 0.25) is 5.91 Å². The molecule has 0 aliphatic carbocycles. The van der Waals surface area contributed by atoms with E-state index in [9.17, 15) is 9.59 Å². The Hall–Kier alpha value is -3.08. The molecule has 1 fully saturated rings. The Balaban J connectivity index is 1.32. The third-order valence-corrected chi connectivity index (χ3v) is 5.94. The van der Waals surface area contributed by atoms with E-state index in [-0.39, 0.29) is 23.8 Å². The molecule has 0 bridgehead atoms. The molecular weight excluding hydrogens is 374 g/mol. The van der Waals surface area contributed by atoms with E-state index < -0.39 is 0 Å². The lowest BCUT2D eigenvalue weighted by molar-refractivity contribution is -0.127. The van der Waals surface area contributed by atoms with Gasteiger partial charge >= 0.3 is 0 Å². The average Bonchev–Trinajstić information content (AvgIpc) is 3.22. The van der Waals surface area contributed by atoms with Crippen LogP contribution in [0.25, 0.3) is 10.9 Å². The summed E-state index contributed by atoms with van der Waals surface area (Å²) < 4.78 is 0. The van der Waals surface area contributed by atoms with Crippen molar-refractivity contribution in [1.82, 2.24) is 15.2 Å². The molecule has 2 amide bonds. The fourth-order valence-corrected chi connectivity index (χ4v) is 4.20. The van der Waals surface area contributed by atoms with Crippen LogP contribution in [0, 0.1) is 5.92 Å². The van der Waals surface area contributed by atoms with Crippen LogP contribution in [-0.2, 0) is 11.2 Å². The van der Waals surface area contributed by atoms with Gasteiger partial charge in [0, 0.05) is 30.0 Å². The van der Waals surface area contributed by atoms with Crippen LogP contribution < -0.4 is 5.32 Å². The summed E-state index contributed by atoms with van der Waals surface area (Å²) in [6.07, 6.45) is 3.52. The van der Waals surface area contributed by atoms with Crippen molar-refractivity contribution in [2.45, 2.75) is 38.6 Å². The Morgan fingerprint density at radius 3 is 2.70 bits per heavy atom. The molecular formula is C25H29N3O2. The maximum Gasteiger partial charge on any atom is 0.270 e. The lowest BCUT2D eigenvalue weighted by Gasteiger charge is -2.32. The number of fused-ring (bicyclic) bond motifs is 1. The molecule has 0 radical (unpaired) electrons. The number of para-hydroxylation sites is 1. The molecule has 1 aliphatic rings. The summed E-state index contributed by atoms with van der Waals surface area (Å²) in [6, 6.07) is 20.2.